The van der Waals surface area contributed by atoms with Crippen LogP contribution in [-0.2, 0) is 49.7 Å². The standard InChI is InChI=1S/C22H31N5O21P4/c1-40-10-2-4-11(5-3-10)43-22-18(31)16(29)13(45-22)7-42-50(34,35)47-52(38,39)48-51(36,37)46-49(32,33)41-6-12-15(28)17(30)21(44-12)27-9-26-14-19(23)24-8-25-20(14)27/h2-5,8-9,12-13,15-18,21-22,28-31H,6-7H2,1H3,(H,32,33)(H,34,35)(H,36,37)(H,38,39)(H2,23,24,25)/t12-,13-,15-,16-,17-,18-,21-,22-/m1/s1. The summed E-state index contributed by atoms with van der Waals surface area (Å²) in [5.74, 6) is 0.636. The van der Waals surface area contributed by atoms with Crippen molar-refractivity contribution >= 4 is 48.3 Å². The Hall–Kier alpha value is -2.51. The Balaban J connectivity index is 1.11. The Bertz CT molecular complexity index is 1920. The molecule has 2 fully saturated rings. The predicted molar refractivity (Wildman–Crippen MR) is 164 cm³/mol. The van der Waals surface area contributed by atoms with Crippen molar-refractivity contribution in [2.75, 3.05) is 26.1 Å². The first kappa shape index (κ1) is 40.7. The minimum Gasteiger partial charge on any atom is -0.497 e. The van der Waals surface area contributed by atoms with Gasteiger partial charge in [-0.05, 0) is 24.3 Å². The number of fused-ring (bicyclic) bond motifs is 1. The van der Waals surface area contributed by atoms with Crippen LogP contribution in [0.25, 0.3) is 11.2 Å². The molecule has 2 aliphatic heterocycles. The monoisotopic (exact) mass is 825 g/mol. The van der Waals surface area contributed by atoms with E-state index in [-0.39, 0.29) is 22.7 Å². The van der Waals surface area contributed by atoms with E-state index in [2.05, 4.69) is 36.9 Å². The first-order chi connectivity index (χ1) is 24.2. The zero-order valence-corrected chi connectivity index (χ0v) is 29.6. The van der Waals surface area contributed by atoms with Crippen LogP contribution in [0.2, 0.25) is 0 Å². The molecular formula is C22H31N5O21P4. The van der Waals surface area contributed by atoms with Crippen LogP contribution in [-0.4, -0.2) is 123 Å². The van der Waals surface area contributed by atoms with E-state index in [0.29, 0.717) is 5.75 Å². The largest absolute Gasteiger partial charge is 0.497 e. The average Bonchev–Trinajstić information content (AvgIpc) is 3.68. The highest BCUT2D eigenvalue weighted by atomic mass is 31.3. The molecule has 2 aromatic heterocycles. The van der Waals surface area contributed by atoms with Crippen LogP contribution in [0.3, 0.4) is 0 Å². The number of hydrogen-bond donors (Lipinski definition) is 9. The molecule has 26 nitrogen and oxygen atoms in total. The molecule has 4 heterocycles. The molecule has 5 rings (SSSR count). The Morgan fingerprint density at radius 3 is 1.83 bits per heavy atom. The van der Waals surface area contributed by atoms with E-state index in [4.69, 9.17) is 24.7 Å². The van der Waals surface area contributed by atoms with Gasteiger partial charge in [0.15, 0.2) is 17.7 Å². The zero-order valence-electron chi connectivity index (χ0n) is 26.0. The molecule has 2 aliphatic rings. The number of phosphoric acid groups is 4. The smallest absolute Gasteiger partial charge is 0.490 e. The van der Waals surface area contributed by atoms with Crippen molar-refractivity contribution in [2.45, 2.75) is 49.1 Å². The second kappa shape index (κ2) is 15.7. The first-order valence-corrected chi connectivity index (χ1v) is 20.2. The number of methoxy groups -OCH3 is 1. The summed E-state index contributed by atoms with van der Waals surface area (Å²) in [5.41, 5.74) is 5.93. The fourth-order valence-corrected chi connectivity index (χ4v) is 9.65. The fourth-order valence-electron chi connectivity index (χ4n) is 4.69. The molecular weight excluding hydrogens is 794 g/mol. The third kappa shape index (κ3) is 9.77. The van der Waals surface area contributed by atoms with Crippen LogP contribution < -0.4 is 15.2 Å². The van der Waals surface area contributed by atoms with Crippen LogP contribution in [0.1, 0.15) is 6.23 Å². The quantitative estimate of drug-likeness (QED) is 0.0786. The average molecular weight is 825 g/mol. The summed E-state index contributed by atoms with van der Waals surface area (Å²) in [6.07, 6.45) is -10.9. The molecule has 2 saturated heterocycles. The zero-order chi connectivity index (χ0) is 38.2. The van der Waals surface area contributed by atoms with E-state index < -0.39 is 93.6 Å². The molecule has 290 valence electrons. The summed E-state index contributed by atoms with van der Waals surface area (Å²) < 4.78 is 92.2. The molecule has 0 saturated carbocycles. The molecule has 0 aliphatic carbocycles. The maximum absolute atomic E-state index is 12.4. The minimum atomic E-state index is -6.18. The lowest BCUT2D eigenvalue weighted by atomic mass is 10.1. The Labute approximate surface area is 290 Å². The van der Waals surface area contributed by atoms with Crippen molar-refractivity contribution in [1.29, 1.82) is 0 Å². The summed E-state index contributed by atoms with van der Waals surface area (Å²) in [5, 5.41) is 41.3. The highest BCUT2D eigenvalue weighted by molar-refractivity contribution is 7.69. The molecule has 12 atom stereocenters. The van der Waals surface area contributed by atoms with Crippen LogP contribution in [0.5, 0.6) is 11.5 Å². The number of nitrogens with two attached hydrogens (primary N) is 1. The number of aliphatic hydroxyl groups excluding tert-OH is 4. The predicted octanol–water partition coefficient (Wildman–Crippen LogP) is -0.953. The summed E-state index contributed by atoms with van der Waals surface area (Å²) in [6, 6.07) is 5.92. The van der Waals surface area contributed by atoms with Gasteiger partial charge in [0.2, 0.25) is 6.29 Å². The Morgan fingerprint density at radius 2 is 1.25 bits per heavy atom. The molecule has 1 aromatic carbocycles. The van der Waals surface area contributed by atoms with Gasteiger partial charge in [-0.3, -0.25) is 13.6 Å². The molecule has 0 radical (unpaired) electrons. The number of rotatable bonds is 16. The maximum atomic E-state index is 12.4. The third-order valence-electron chi connectivity index (χ3n) is 7.05. The lowest BCUT2D eigenvalue weighted by Gasteiger charge is -2.21. The van der Waals surface area contributed by atoms with E-state index in [0.717, 1.165) is 17.2 Å². The summed E-state index contributed by atoms with van der Waals surface area (Å²) >= 11 is 0. The maximum Gasteiger partial charge on any atom is 0.490 e. The third-order valence-corrected chi connectivity index (χ3v) is 13.0. The second-order valence-electron chi connectivity index (χ2n) is 10.7. The highest BCUT2D eigenvalue weighted by Gasteiger charge is 2.50. The summed E-state index contributed by atoms with van der Waals surface area (Å²) in [6.45, 7) is -2.19. The minimum absolute atomic E-state index is 0.0113. The normalized spacial score (nSPS) is 31.0. The van der Waals surface area contributed by atoms with Crippen molar-refractivity contribution in [3.8, 4) is 11.5 Å². The van der Waals surface area contributed by atoms with E-state index in [1.165, 1.54) is 31.4 Å². The number of hydrogen-bond acceptors (Lipinski definition) is 21. The number of nitrogen functional groups attached to an aromatic ring is 1. The van der Waals surface area contributed by atoms with E-state index in [9.17, 15) is 58.3 Å². The Morgan fingerprint density at radius 1 is 0.731 bits per heavy atom. The molecule has 0 amide bonds. The van der Waals surface area contributed by atoms with Crippen LogP contribution >= 0.6 is 31.3 Å². The summed E-state index contributed by atoms with van der Waals surface area (Å²) in [7, 11) is -22.4. The van der Waals surface area contributed by atoms with Gasteiger partial charge in [-0.25, -0.2) is 33.2 Å². The van der Waals surface area contributed by atoms with Crippen LogP contribution in [0.4, 0.5) is 5.82 Å². The SMILES string of the molecule is COc1ccc(O[C@@H]2O[C@H](COP(=O)(O)OP(=O)(O)OP(=O)(O)OP(=O)(O)OC[C@H]3O[C@@H](n4cnc5c(N)ncnc54)[C@H](O)[C@@H]3O)[C@@H](O)[C@H]2O)cc1. The number of phosphoric ester groups is 2. The molecule has 52 heavy (non-hydrogen) atoms. The Kier molecular flexibility index (Phi) is 12.3. The fraction of sp³-hybridized carbons (Fsp3) is 0.500. The lowest BCUT2D eigenvalue weighted by Crippen LogP contribution is -2.35. The molecule has 30 heteroatoms. The lowest BCUT2D eigenvalue weighted by molar-refractivity contribution is -0.115. The van der Waals surface area contributed by atoms with Gasteiger partial charge in [-0.2, -0.15) is 12.9 Å². The molecule has 0 bridgehead atoms. The molecule has 10 N–H and O–H groups in total. The van der Waals surface area contributed by atoms with Crippen LogP contribution in [0.15, 0.2) is 36.9 Å². The van der Waals surface area contributed by atoms with Gasteiger partial charge in [0.05, 0.1) is 26.7 Å². The molecule has 0 spiro atoms. The van der Waals surface area contributed by atoms with Crippen molar-refractivity contribution < 1.29 is 99.2 Å². The van der Waals surface area contributed by atoms with Gasteiger partial charge < -0.3 is 64.7 Å². The van der Waals surface area contributed by atoms with Crippen LogP contribution in [0, 0.1) is 0 Å². The number of nitrogens with zero attached hydrogens (tertiary/aromatic N) is 4. The number of ether oxygens (including phenoxy) is 4. The van der Waals surface area contributed by atoms with Gasteiger partial charge >= 0.3 is 31.3 Å². The molecule has 4 unspecified atom stereocenters. The molecule has 3 aromatic rings. The topological polar surface area (TPSA) is 383 Å². The number of benzene rings is 1. The van der Waals surface area contributed by atoms with Gasteiger partial charge in [0.1, 0.15) is 60.0 Å². The van der Waals surface area contributed by atoms with Crippen molar-refractivity contribution in [3.05, 3.63) is 36.9 Å². The van der Waals surface area contributed by atoms with Gasteiger partial charge in [-0.1, -0.05) is 0 Å². The van der Waals surface area contributed by atoms with Crippen molar-refractivity contribution in [1.82, 2.24) is 19.5 Å². The number of aliphatic hydroxyl groups is 4. The van der Waals surface area contributed by atoms with Gasteiger partial charge in [0, 0.05) is 0 Å². The number of imidazole rings is 1. The van der Waals surface area contributed by atoms with E-state index >= 15 is 0 Å². The van der Waals surface area contributed by atoms with Gasteiger partial charge in [0.25, 0.3) is 0 Å². The first-order valence-electron chi connectivity index (χ1n) is 14.2. The van der Waals surface area contributed by atoms with Gasteiger partial charge in [-0.15, -0.1) is 0 Å². The summed E-state index contributed by atoms with van der Waals surface area (Å²) in [4.78, 5) is 51.2. The second-order valence-corrected chi connectivity index (χ2v) is 16.9. The van der Waals surface area contributed by atoms with E-state index in [1.807, 2.05) is 0 Å². The highest BCUT2D eigenvalue weighted by Crippen LogP contribution is 2.71. The number of anilines is 1. The number of aromatic nitrogens is 4. The van der Waals surface area contributed by atoms with E-state index in [1.54, 1.807) is 0 Å². The van der Waals surface area contributed by atoms with Crippen molar-refractivity contribution in [2.24, 2.45) is 0 Å². The van der Waals surface area contributed by atoms with Crippen molar-refractivity contribution in [3.63, 3.8) is 0 Å².